The van der Waals surface area contributed by atoms with Gasteiger partial charge >= 0.3 is 0 Å². The van der Waals surface area contributed by atoms with E-state index in [1.54, 1.807) is 7.11 Å². The zero-order valence-corrected chi connectivity index (χ0v) is 14.7. The van der Waals surface area contributed by atoms with Crippen molar-refractivity contribution in [3.63, 3.8) is 0 Å². The average molecular weight is 333 g/mol. The Morgan fingerprint density at radius 2 is 2.26 bits per heavy atom. The van der Waals surface area contributed by atoms with Crippen LogP contribution in [0.1, 0.15) is 40.8 Å². The fourth-order valence-electron chi connectivity index (χ4n) is 2.23. The van der Waals surface area contributed by atoms with Crippen LogP contribution in [0, 0.1) is 6.92 Å². The zero-order valence-electron chi connectivity index (χ0n) is 13.9. The zero-order chi connectivity index (χ0) is 16.7. The number of nitrogens with zero attached hydrogens (tertiary/aromatic N) is 2. The summed E-state index contributed by atoms with van der Waals surface area (Å²) < 4.78 is 4.98. The number of carbonyl (C=O) groups is 1. The molecule has 0 radical (unpaired) electrons. The molecule has 0 aliphatic carbocycles. The van der Waals surface area contributed by atoms with Gasteiger partial charge in [-0.05, 0) is 31.9 Å². The Balaban J connectivity index is 2.11. The molecule has 124 valence electrons. The molecule has 0 spiro atoms. The van der Waals surface area contributed by atoms with Crippen LogP contribution in [0.3, 0.4) is 0 Å². The molecule has 0 aromatic carbocycles. The monoisotopic (exact) mass is 333 g/mol. The quantitative estimate of drug-likeness (QED) is 0.753. The van der Waals surface area contributed by atoms with E-state index in [0.29, 0.717) is 18.0 Å². The second-order valence-corrected chi connectivity index (χ2v) is 6.32. The first-order valence-electron chi connectivity index (χ1n) is 7.85. The summed E-state index contributed by atoms with van der Waals surface area (Å²) in [5, 5.41) is 3.78. The first kappa shape index (κ1) is 17.6. The van der Waals surface area contributed by atoms with Crippen molar-refractivity contribution in [2.75, 3.05) is 20.3 Å². The molecule has 23 heavy (non-hydrogen) atoms. The van der Waals surface area contributed by atoms with Gasteiger partial charge in [0.1, 0.15) is 9.88 Å². The summed E-state index contributed by atoms with van der Waals surface area (Å²) in [6.07, 6.45) is 4.62. The van der Waals surface area contributed by atoms with Crippen molar-refractivity contribution >= 4 is 17.2 Å². The van der Waals surface area contributed by atoms with Crippen molar-refractivity contribution in [3.05, 3.63) is 34.6 Å². The number of nitrogens with one attached hydrogen (secondary N) is 1. The normalized spacial score (nSPS) is 10.7. The van der Waals surface area contributed by atoms with E-state index in [0.717, 1.165) is 41.2 Å². The lowest BCUT2D eigenvalue weighted by molar-refractivity contribution is 0.0952. The lowest BCUT2D eigenvalue weighted by atomic mass is 10.2. The number of rotatable bonds is 8. The molecule has 6 heteroatoms. The number of ether oxygens (including phenoxy) is 1. The van der Waals surface area contributed by atoms with Crippen LogP contribution in [0.2, 0.25) is 0 Å². The molecule has 0 bridgehead atoms. The maximum Gasteiger partial charge on any atom is 0.263 e. The number of hydrogen-bond donors (Lipinski definition) is 1. The Kier molecular flexibility index (Phi) is 6.67. The third kappa shape index (κ3) is 4.84. The maximum absolute atomic E-state index is 12.2. The van der Waals surface area contributed by atoms with Crippen molar-refractivity contribution in [1.29, 1.82) is 0 Å². The van der Waals surface area contributed by atoms with Gasteiger partial charge in [0.25, 0.3) is 5.91 Å². The number of thiazole rings is 1. The van der Waals surface area contributed by atoms with Crippen molar-refractivity contribution in [3.8, 4) is 10.6 Å². The summed E-state index contributed by atoms with van der Waals surface area (Å²) in [7, 11) is 1.66. The molecule has 5 nitrogen and oxygen atoms in total. The van der Waals surface area contributed by atoms with E-state index in [4.69, 9.17) is 4.74 Å². The smallest absolute Gasteiger partial charge is 0.263 e. The van der Waals surface area contributed by atoms with E-state index in [1.807, 2.05) is 19.2 Å². The van der Waals surface area contributed by atoms with E-state index in [9.17, 15) is 4.79 Å². The third-order valence-corrected chi connectivity index (χ3v) is 4.59. The highest BCUT2D eigenvalue weighted by molar-refractivity contribution is 7.17. The minimum absolute atomic E-state index is 0.0646. The molecule has 2 rings (SSSR count). The standard InChI is InChI=1S/C17H23N3O2S/c1-4-6-14-11-13(7-9-18-14)17-20-12(2)15(23-17)16(21)19-8-5-10-22-3/h7,9,11H,4-6,8,10H2,1-3H3,(H,19,21). The minimum atomic E-state index is -0.0646. The van der Waals surface area contributed by atoms with Gasteiger partial charge in [-0.3, -0.25) is 9.78 Å². The van der Waals surface area contributed by atoms with Crippen molar-refractivity contribution in [2.45, 2.75) is 33.1 Å². The van der Waals surface area contributed by atoms with Crippen LogP contribution in [0.25, 0.3) is 10.6 Å². The minimum Gasteiger partial charge on any atom is -0.385 e. The van der Waals surface area contributed by atoms with Gasteiger partial charge in [-0.1, -0.05) is 13.3 Å². The van der Waals surface area contributed by atoms with Gasteiger partial charge in [0.15, 0.2) is 0 Å². The summed E-state index contributed by atoms with van der Waals surface area (Å²) in [6.45, 7) is 5.26. The number of methoxy groups -OCH3 is 1. The molecule has 0 aliphatic heterocycles. The Bertz CT molecular complexity index is 655. The topological polar surface area (TPSA) is 64.1 Å². The lowest BCUT2D eigenvalue weighted by Crippen LogP contribution is -2.24. The van der Waals surface area contributed by atoms with E-state index in [1.165, 1.54) is 11.3 Å². The largest absolute Gasteiger partial charge is 0.385 e. The molecule has 0 aliphatic rings. The summed E-state index contributed by atoms with van der Waals surface area (Å²) in [6, 6.07) is 4.00. The van der Waals surface area contributed by atoms with Crippen LogP contribution in [0.4, 0.5) is 0 Å². The molecule has 0 fully saturated rings. The molecule has 1 amide bonds. The van der Waals surface area contributed by atoms with Crippen LogP contribution >= 0.6 is 11.3 Å². The van der Waals surface area contributed by atoms with Gasteiger partial charge in [-0.15, -0.1) is 11.3 Å². The molecule has 1 N–H and O–H groups in total. The highest BCUT2D eigenvalue weighted by Gasteiger charge is 2.16. The molecular weight excluding hydrogens is 310 g/mol. The van der Waals surface area contributed by atoms with Gasteiger partial charge in [-0.25, -0.2) is 4.98 Å². The third-order valence-electron chi connectivity index (χ3n) is 3.38. The van der Waals surface area contributed by atoms with E-state index >= 15 is 0 Å². The Morgan fingerprint density at radius 3 is 3.00 bits per heavy atom. The predicted molar refractivity (Wildman–Crippen MR) is 92.9 cm³/mol. The first-order valence-corrected chi connectivity index (χ1v) is 8.67. The van der Waals surface area contributed by atoms with Crippen molar-refractivity contribution in [2.24, 2.45) is 0 Å². The summed E-state index contributed by atoms with van der Waals surface area (Å²) >= 11 is 1.43. The number of aromatic nitrogens is 2. The summed E-state index contributed by atoms with van der Waals surface area (Å²) in [4.78, 5) is 21.8. The maximum atomic E-state index is 12.2. The average Bonchev–Trinajstić information content (AvgIpc) is 2.94. The number of aryl methyl sites for hydroxylation is 2. The second-order valence-electron chi connectivity index (χ2n) is 5.32. The molecule has 0 unspecified atom stereocenters. The molecule has 0 atom stereocenters. The summed E-state index contributed by atoms with van der Waals surface area (Å²) in [5.74, 6) is -0.0646. The number of pyridine rings is 1. The Hall–Kier alpha value is -1.79. The number of amides is 1. The van der Waals surface area contributed by atoms with Gasteiger partial charge in [0, 0.05) is 37.7 Å². The fourth-order valence-corrected chi connectivity index (χ4v) is 3.21. The second kappa shape index (κ2) is 8.74. The number of hydrogen-bond acceptors (Lipinski definition) is 5. The fraction of sp³-hybridized carbons (Fsp3) is 0.471. The van der Waals surface area contributed by atoms with Crippen molar-refractivity contribution < 1.29 is 9.53 Å². The lowest BCUT2D eigenvalue weighted by Gasteiger charge is -2.03. The van der Waals surface area contributed by atoms with Crippen LogP contribution in [0.5, 0.6) is 0 Å². The van der Waals surface area contributed by atoms with Gasteiger partial charge in [0.2, 0.25) is 0 Å². The highest BCUT2D eigenvalue weighted by atomic mass is 32.1. The molecular formula is C17H23N3O2S. The van der Waals surface area contributed by atoms with Crippen molar-refractivity contribution in [1.82, 2.24) is 15.3 Å². The van der Waals surface area contributed by atoms with E-state index in [-0.39, 0.29) is 5.91 Å². The van der Waals surface area contributed by atoms with Crippen LogP contribution < -0.4 is 5.32 Å². The van der Waals surface area contributed by atoms with Crippen LogP contribution in [-0.2, 0) is 11.2 Å². The SMILES string of the molecule is CCCc1cc(-c2nc(C)c(C(=O)NCCCOC)s2)ccn1. The number of carbonyl (C=O) groups excluding carboxylic acids is 1. The van der Waals surface area contributed by atoms with Crippen LogP contribution in [-0.4, -0.2) is 36.1 Å². The van der Waals surface area contributed by atoms with Crippen LogP contribution in [0.15, 0.2) is 18.3 Å². The van der Waals surface area contributed by atoms with E-state index < -0.39 is 0 Å². The molecule has 0 saturated carbocycles. The molecule has 2 aromatic heterocycles. The molecule has 2 heterocycles. The first-order chi connectivity index (χ1) is 11.2. The van der Waals surface area contributed by atoms with Gasteiger partial charge in [0.05, 0.1) is 5.69 Å². The van der Waals surface area contributed by atoms with Gasteiger partial charge < -0.3 is 10.1 Å². The molecule has 0 saturated heterocycles. The Morgan fingerprint density at radius 1 is 1.43 bits per heavy atom. The summed E-state index contributed by atoms with van der Waals surface area (Å²) in [5.41, 5.74) is 2.85. The predicted octanol–water partition coefficient (Wildman–Crippen LogP) is 3.23. The van der Waals surface area contributed by atoms with E-state index in [2.05, 4.69) is 28.3 Å². The molecule has 2 aromatic rings. The van der Waals surface area contributed by atoms with Gasteiger partial charge in [-0.2, -0.15) is 0 Å². The highest BCUT2D eigenvalue weighted by Crippen LogP contribution is 2.28. The Labute approximate surface area is 141 Å².